The maximum atomic E-state index is 10.8. The molecule has 1 aliphatic rings. The number of rotatable bonds is 3. The molecule has 2 rings (SSSR count). The number of aldehydes is 1. The number of aryl methyl sites for hydroxylation is 1. The minimum Gasteiger partial charge on any atom is -0.298 e. The number of hydrogen-bond donors (Lipinski definition) is 0. The molecular weight excluding hydrogens is 210 g/mol. The fourth-order valence-corrected chi connectivity index (χ4v) is 2.61. The normalized spacial score (nSPS) is 18.9. The minimum atomic E-state index is 0.467. The van der Waals surface area contributed by atoms with Gasteiger partial charge in [0.2, 0.25) is 0 Å². The highest BCUT2D eigenvalue weighted by Crippen LogP contribution is 2.25. The second-order valence-electron chi connectivity index (χ2n) is 5.01. The maximum Gasteiger partial charge on any atom is 0.150 e. The topological polar surface area (TPSA) is 20.3 Å². The lowest BCUT2D eigenvalue weighted by Gasteiger charge is -2.32. The Hall–Kier alpha value is -1.15. The number of carbonyl (C=O) groups is 1. The lowest BCUT2D eigenvalue weighted by atomic mass is 9.99. The number of piperidine rings is 1. The van der Waals surface area contributed by atoms with E-state index in [1.165, 1.54) is 37.9 Å². The first-order valence-electron chi connectivity index (χ1n) is 6.52. The van der Waals surface area contributed by atoms with Crippen LogP contribution in [0, 0.1) is 6.92 Å². The summed E-state index contributed by atoms with van der Waals surface area (Å²) < 4.78 is 0. The molecule has 17 heavy (non-hydrogen) atoms. The van der Waals surface area contributed by atoms with Gasteiger partial charge >= 0.3 is 0 Å². The van der Waals surface area contributed by atoms with Crippen molar-refractivity contribution in [2.45, 2.75) is 39.2 Å². The van der Waals surface area contributed by atoms with E-state index in [0.29, 0.717) is 6.04 Å². The summed E-state index contributed by atoms with van der Waals surface area (Å²) in [6.07, 6.45) is 4.93. The van der Waals surface area contributed by atoms with E-state index in [1.807, 2.05) is 13.0 Å². The lowest BCUT2D eigenvalue weighted by Crippen LogP contribution is -2.32. The SMILES string of the molecule is Cc1cc(C(C)N2CCCCC2)ccc1C=O. The predicted molar refractivity (Wildman–Crippen MR) is 70.4 cm³/mol. The van der Waals surface area contributed by atoms with Crippen LogP contribution >= 0.6 is 0 Å². The Morgan fingerprint density at radius 2 is 1.94 bits per heavy atom. The van der Waals surface area contributed by atoms with Crippen LogP contribution in [0.15, 0.2) is 18.2 Å². The van der Waals surface area contributed by atoms with Gasteiger partial charge in [0.15, 0.2) is 0 Å². The quantitative estimate of drug-likeness (QED) is 0.743. The van der Waals surface area contributed by atoms with Gasteiger partial charge in [-0.2, -0.15) is 0 Å². The predicted octanol–water partition coefficient (Wildman–Crippen LogP) is 3.35. The van der Waals surface area contributed by atoms with Gasteiger partial charge in [-0.15, -0.1) is 0 Å². The first-order valence-corrected chi connectivity index (χ1v) is 6.52. The molecule has 1 fully saturated rings. The summed E-state index contributed by atoms with van der Waals surface area (Å²) >= 11 is 0. The van der Waals surface area contributed by atoms with Gasteiger partial charge in [0.25, 0.3) is 0 Å². The van der Waals surface area contributed by atoms with E-state index >= 15 is 0 Å². The van der Waals surface area contributed by atoms with Crippen molar-refractivity contribution in [1.29, 1.82) is 0 Å². The molecule has 1 unspecified atom stereocenters. The van der Waals surface area contributed by atoms with Crippen LogP contribution in [0.5, 0.6) is 0 Å². The maximum absolute atomic E-state index is 10.8. The van der Waals surface area contributed by atoms with Crippen molar-refractivity contribution < 1.29 is 4.79 Å². The standard InChI is InChI=1S/C15H21NO/c1-12-10-14(6-7-15(12)11-17)13(2)16-8-4-3-5-9-16/h6-7,10-11,13H,3-5,8-9H2,1-2H3. The zero-order valence-electron chi connectivity index (χ0n) is 10.8. The largest absolute Gasteiger partial charge is 0.298 e. The summed E-state index contributed by atoms with van der Waals surface area (Å²) in [5.41, 5.74) is 3.22. The average Bonchev–Trinajstić information content (AvgIpc) is 2.39. The molecular formula is C15H21NO. The van der Waals surface area contributed by atoms with E-state index in [-0.39, 0.29) is 0 Å². The van der Waals surface area contributed by atoms with Crippen molar-refractivity contribution in [2.24, 2.45) is 0 Å². The van der Waals surface area contributed by atoms with Crippen molar-refractivity contribution in [3.63, 3.8) is 0 Å². The summed E-state index contributed by atoms with van der Waals surface area (Å²) in [5, 5.41) is 0. The Morgan fingerprint density at radius 3 is 2.53 bits per heavy atom. The number of carbonyl (C=O) groups excluding carboxylic acids is 1. The van der Waals surface area contributed by atoms with Crippen molar-refractivity contribution in [3.05, 3.63) is 34.9 Å². The van der Waals surface area contributed by atoms with Gasteiger partial charge in [-0.1, -0.05) is 24.6 Å². The number of likely N-dealkylation sites (tertiary alicyclic amines) is 1. The second-order valence-corrected chi connectivity index (χ2v) is 5.01. The molecule has 1 atom stereocenters. The molecule has 0 radical (unpaired) electrons. The van der Waals surface area contributed by atoms with Crippen LogP contribution in [-0.4, -0.2) is 24.3 Å². The van der Waals surface area contributed by atoms with Crippen LogP contribution in [0.25, 0.3) is 0 Å². The van der Waals surface area contributed by atoms with Crippen LogP contribution < -0.4 is 0 Å². The van der Waals surface area contributed by atoms with Crippen molar-refractivity contribution in [2.75, 3.05) is 13.1 Å². The highest BCUT2D eigenvalue weighted by Gasteiger charge is 2.18. The van der Waals surface area contributed by atoms with Crippen molar-refractivity contribution in [1.82, 2.24) is 4.90 Å². The van der Waals surface area contributed by atoms with Gasteiger partial charge in [0.05, 0.1) is 0 Å². The molecule has 1 aromatic rings. The molecule has 0 bridgehead atoms. The number of hydrogen-bond acceptors (Lipinski definition) is 2. The molecule has 0 saturated carbocycles. The molecule has 0 amide bonds. The van der Waals surface area contributed by atoms with Gasteiger partial charge in [0.1, 0.15) is 6.29 Å². The van der Waals surface area contributed by atoms with E-state index in [9.17, 15) is 4.79 Å². The molecule has 0 aromatic heterocycles. The summed E-state index contributed by atoms with van der Waals surface area (Å²) in [7, 11) is 0. The zero-order chi connectivity index (χ0) is 12.3. The summed E-state index contributed by atoms with van der Waals surface area (Å²) in [4.78, 5) is 13.3. The molecule has 0 spiro atoms. The Bertz CT molecular complexity index is 394. The van der Waals surface area contributed by atoms with Gasteiger partial charge in [-0.25, -0.2) is 0 Å². The lowest BCUT2D eigenvalue weighted by molar-refractivity contribution is 0.112. The molecule has 2 nitrogen and oxygen atoms in total. The molecule has 0 aliphatic carbocycles. The first kappa shape index (κ1) is 12.3. The van der Waals surface area contributed by atoms with Gasteiger partial charge in [-0.05, 0) is 50.9 Å². The van der Waals surface area contributed by atoms with Crippen molar-refractivity contribution in [3.8, 4) is 0 Å². The van der Waals surface area contributed by atoms with E-state index in [0.717, 1.165) is 17.4 Å². The molecule has 92 valence electrons. The Balaban J connectivity index is 2.15. The van der Waals surface area contributed by atoms with Gasteiger partial charge < -0.3 is 0 Å². The third kappa shape index (κ3) is 2.75. The van der Waals surface area contributed by atoms with E-state index in [1.54, 1.807) is 0 Å². The number of benzene rings is 1. The third-order valence-electron chi connectivity index (χ3n) is 3.84. The highest BCUT2D eigenvalue weighted by molar-refractivity contribution is 5.77. The summed E-state index contributed by atoms with van der Waals surface area (Å²) in [6.45, 7) is 6.68. The zero-order valence-corrected chi connectivity index (χ0v) is 10.8. The van der Waals surface area contributed by atoms with E-state index in [2.05, 4.69) is 24.0 Å². The number of nitrogens with zero attached hydrogens (tertiary/aromatic N) is 1. The fraction of sp³-hybridized carbons (Fsp3) is 0.533. The molecule has 0 N–H and O–H groups in total. The minimum absolute atomic E-state index is 0.467. The smallest absolute Gasteiger partial charge is 0.150 e. The van der Waals surface area contributed by atoms with E-state index < -0.39 is 0 Å². The average molecular weight is 231 g/mol. The fourth-order valence-electron chi connectivity index (χ4n) is 2.61. The monoisotopic (exact) mass is 231 g/mol. The van der Waals surface area contributed by atoms with Gasteiger partial charge in [-0.3, -0.25) is 9.69 Å². The molecule has 1 saturated heterocycles. The van der Waals surface area contributed by atoms with Crippen LogP contribution in [0.2, 0.25) is 0 Å². The van der Waals surface area contributed by atoms with Crippen LogP contribution in [0.4, 0.5) is 0 Å². The Morgan fingerprint density at radius 1 is 1.24 bits per heavy atom. The molecule has 1 aromatic carbocycles. The van der Waals surface area contributed by atoms with Gasteiger partial charge in [0, 0.05) is 11.6 Å². The molecule has 1 aliphatic heterocycles. The summed E-state index contributed by atoms with van der Waals surface area (Å²) in [5.74, 6) is 0. The molecule has 2 heteroatoms. The molecule has 1 heterocycles. The summed E-state index contributed by atoms with van der Waals surface area (Å²) in [6, 6.07) is 6.66. The van der Waals surface area contributed by atoms with E-state index in [4.69, 9.17) is 0 Å². The second kappa shape index (κ2) is 5.46. The Kier molecular flexibility index (Phi) is 3.95. The Labute approximate surface area is 104 Å². The van der Waals surface area contributed by atoms with Crippen LogP contribution in [0.3, 0.4) is 0 Å². The highest BCUT2D eigenvalue weighted by atomic mass is 16.1. The van der Waals surface area contributed by atoms with Crippen LogP contribution in [0.1, 0.15) is 53.7 Å². The third-order valence-corrected chi connectivity index (χ3v) is 3.84. The van der Waals surface area contributed by atoms with Crippen molar-refractivity contribution >= 4 is 6.29 Å². The first-order chi connectivity index (χ1) is 8.22. The van der Waals surface area contributed by atoms with Crippen LogP contribution in [-0.2, 0) is 0 Å².